The summed E-state index contributed by atoms with van der Waals surface area (Å²) in [6.07, 6.45) is 4.09. The van der Waals surface area contributed by atoms with Crippen LogP contribution in [0.4, 0.5) is 0 Å². The van der Waals surface area contributed by atoms with Crippen molar-refractivity contribution in [2.45, 2.75) is 38.1 Å². The number of ether oxygens (including phenoxy) is 1. The Morgan fingerprint density at radius 2 is 2.15 bits per heavy atom. The lowest BCUT2D eigenvalue weighted by molar-refractivity contribution is 0.340. The minimum absolute atomic E-state index is 0.417. The molecule has 0 radical (unpaired) electrons. The molecule has 0 amide bonds. The fourth-order valence-electron chi connectivity index (χ4n) is 2.66. The van der Waals surface area contributed by atoms with Crippen LogP contribution in [0, 0.1) is 0 Å². The Kier molecular flexibility index (Phi) is 3.44. The standard InChI is InChI=1S/C15H19N3O2/c1-2-19-12-7-5-6-11(10-12)13-17-14(18-20-13)15(16)8-3-4-9-15/h5-7,10H,2-4,8-9,16H2,1H3. The van der Waals surface area contributed by atoms with Gasteiger partial charge in [0.25, 0.3) is 5.89 Å². The van der Waals surface area contributed by atoms with Crippen LogP contribution in [0.3, 0.4) is 0 Å². The first kappa shape index (κ1) is 13.1. The summed E-state index contributed by atoms with van der Waals surface area (Å²) in [4.78, 5) is 4.48. The molecule has 1 heterocycles. The lowest BCUT2D eigenvalue weighted by Crippen LogP contribution is -2.34. The molecule has 0 saturated heterocycles. The van der Waals surface area contributed by atoms with E-state index in [9.17, 15) is 0 Å². The molecule has 1 aliphatic rings. The molecule has 1 aromatic heterocycles. The van der Waals surface area contributed by atoms with Crippen LogP contribution in [0.15, 0.2) is 28.8 Å². The van der Waals surface area contributed by atoms with Crippen molar-refractivity contribution in [2.75, 3.05) is 6.61 Å². The second-order valence-corrected chi connectivity index (χ2v) is 5.25. The molecule has 2 N–H and O–H groups in total. The molecule has 0 bridgehead atoms. The van der Waals surface area contributed by atoms with Crippen molar-refractivity contribution >= 4 is 0 Å². The molecule has 1 saturated carbocycles. The quantitative estimate of drug-likeness (QED) is 0.927. The van der Waals surface area contributed by atoms with Crippen molar-refractivity contribution < 1.29 is 9.26 Å². The molecule has 1 fully saturated rings. The summed E-state index contributed by atoms with van der Waals surface area (Å²) in [6.45, 7) is 2.58. The molecular weight excluding hydrogens is 254 g/mol. The lowest BCUT2D eigenvalue weighted by Gasteiger charge is -2.17. The highest BCUT2D eigenvalue weighted by Gasteiger charge is 2.36. The van der Waals surface area contributed by atoms with Crippen molar-refractivity contribution in [1.82, 2.24) is 10.1 Å². The summed E-state index contributed by atoms with van der Waals surface area (Å²) in [7, 11) is 0. The first-order chi connectivity index (χ1) is 9.71. The zero-order valence-electron chi connectivity index (χ0n) is 11.6. The Bertz CT molecular complexity index is 588. The first-order valence-corrected chi connectivity index (χ1v) is 7.07. The highest BCUT2D eigenvalue weighted by Crippen LogP contribution is 2.35. The van der Waals surface area contributed by atoms with Gasteiger partial charge in [0, 0.05) is 5.56 Å². The van der Waals surface area contributed by atoms with Gasteiger partial charge in [-0.15, -0.1) is 0 Å². The largest absolute Gasteiger partial charge is 0.494 e. The van der Waals surface area contributed by atoms with E-state index in [0.29, 0.717) is 18.3 Å². The smallest absolute Gasteiger partial charge is 0.258 e. The number of aromatic nitrogens is 2. The normalized spacial score (nSPS) is 17.3. The van der Waals surface area contributed by atoms with Gasteiger partial charge in [0.1, 0.15) is 5.75 Å². The van der Waals surface area contributed by atoms with Gasteiger partial charge in [-0.05, 0) is 38.0 Å². The molecule has 20 heavy (non-hydrogen) atoms. The average molecular weight is 273 g/mol. The molecule has 1 aliphatic carbocycles. The zero-order chi connectivity index (χ0) is 14.0. The molecule has 2 aromatic rings. The van der Waals surface area contributed by atoms with Crippen LogP contribution in [-0.2, 0) is 5.54 Å². The van der Waals surface area contributed by atoms with E-state index in [4.69, 9.17) is 15.0 Å². The number of nitrogens with zero attached hydrogens (tertiary/aromatic N) is 2. The summed E-state index contributed by atoms with van der Waals surface area (Å²) in [5.74, 6) is 1.91. The minimum Gasteiger partial charge on any atom is -0.494 e. The predicted molar refractivity (Wildman–Crippen MR) is 75.2 cm³/mol. The van der Waals surface area contributed by atoms with Crippen molar-refractivity contribution in [3.8, 4) is 17.2 Å². The summed E-state index contributed by atoms with van der Waals surface area (Å²) < 4.78 is 10.8. The molecule has 0 atom stereocenters. The van der Waals surface area contributed by atoms with Gasteiger partial charge in [0.2, 0.25) is 0 Å². The van der Waals surface area contributed by atoms with Gasteiger partial charge in [-0.3, -0.25) is 0 Å². The Morgan fingerprint density at radius 1 is 1.35 bits per heavy atom. The van der Waals surface area contributed by atoms with Crippen LogP contribution in [0.25, 0.3) is 11.5 Å². The number of rotatable bonds is 4. The van der Waals surface area contributed by atoms with Gasteiger partial charge in [-0.2, -0.15) is 4.98 Å². The highest BCUT2D eigenvalue weighted by atomic mass is 16.5. The number of nitrogens with two attached hydrogens (primary N) is 1. The fourth-order valence-corrected chi connectivity index (χ4v) is 2.66. The third kappa shape index (κ3) is 2.41. The maximum atomic E-state index is 6.34. The van der Waals surface area contributed by atoms with E-state index >= 15 is 0 Å². The Balaban J connectivity index is 1.88. The summed E-state index contributed by atoms with van der Waals surface area (Å²) in [6, 6.07) is 7.65. The maximum Gasteiger partial charge on any atom is 0.258 e. The van der Waals surface area contributed by atoms with Gasteiger partial charge < -0.3 is 15.0 Å². The van der Waals surface area contributed by atoms with Crippen molar-refractivity contribution in [3.63, 3.8) is 0 Å². The number of benzene rings is 1. The Hall–Kier alpha value is -1.88. The SMILES string of the molecule is CCOc1cccc(-c2nc(C3(N)CCCC3)no2)c1. The third-order valence-corrected chi connectivity index (χ3v) is 3.76. The van der Waals surface area contributed by atoms with Crippen LogP contribution in [0.5, 0.6) is 5.75 Å². The fraction of sp³-hybridized carbons (Fsp3) is 0.467. The van der Waals surface area contributed by atoms with E-state index in [-0.39, 0.29) is 0 Å². The molecule has 1 aromatic carbocycles. The van der Waals surface area contributed by atoms with Crippen molar-refractivity contribution in [3.05, 3.63) is 30.1 Å². The topological polar surface area (TPSA) is 74.2 Å². The monoisotopic (exact) mass is 273 g/mol. The van der Waals surface area contributed by atoms with Gasteiger partial charge >= 0.3 is 0 Å². The van der Waals surface area contributed by atoms with E-state index in [2.05, 4.69) is 10.1 Å². The second-order valence-electron chi connectivity index (χ2n) is 5.25. The van der Waals surface area contributed by atoms with Crippen molar-refractivity contribution in [2.24, 2.45) is 5.73 Å². The molecular formula is C15H19N3O2. The maximum absolute atomic E-state index is 6.34. The van der Waals surface area contributed by atoms with Crippen LogP contribution in [0.1, 0.15) is 38.4 Å². The van der Waals surface area contributed by atoms with Gasteiger partial charge in [0.15, 0.2) is 5.82 Å². The summed E-state index contributed by atoms with van der Waals surface area (Å²) in [5.41, 5.74) is 6.78. The molecule has 5 heteroatoms. The molecule has 0 unspecified atom stereocenters. The van der Waals surface area contributed by atoms with E-state index < -0.39 is 5.54 Å². The molecule has 0 spiro atoms. The Labute approximate surface area is 118 Å². The summed E-state index contributed by atoms with van der Waals surface area (Å²) in [5, 5.41) is 4.07. The van der Waals surface area contributed by atoms with E-state index in [1.54, 1.807) is 0 Å². The van der Waals surface area contributed by atoms with E-state index in [1.165, 1.54) is 0 Å². The highest BCUT2D eigenvalue weighted by molar-refractivity contribution is 5.55. The molecule has 5 nitrogen and oxygen atoms in total. The van der Waals surface area contributed by atoms with E-state index in [1.807, 2.05) is 31.2 Å². The minimum atomic E-state index is -0.417. The summed E-state index contributed by atoms with van der Waals surface area (Å²) >= 11 is 0. The predicted octanol–water partition coefficient (Wildman–Crippen LogP) is 2.86. The average Bonchev–Trinajstić information content (AvgIpc) is 3.09. The van der Waals surface area contributed by atoms with Crippen LogP contribution in [0.2, 0.25) is 0 Å². The number of hydrogen-bond donors (Lipinski definition) is 1. The molecule has 3 rings (SSSR count). The van der Waals surface area contributed by atoms with Crippen molar-refractivity contribution in [1.29, 1.82) is 0 Å². The molecule has 106 valence electrons. The molecule has 0 aliphatic heterocycles. The van der Waals surface area contributed by atoms with E-state index in [0.717, 1.165) is 37.0 Å². The third-order valence-electron chi connectivity index (χ3n) is 3.76. The van der Waals surface area contributed by atoms with Gasteiger partial charge in [-0.25, -0.2) is 0 Å². The van der Waals surface area contributed by atoms with Crippen LogP contribution < -0.4 is 10.5 Å². The lowest BCUT2D eigenvalue weighted by atomic mass is 9.99. The second kappa shape index (κ2) is 5.25. The Morgan fingerprint density at radius 3 is 2.90 bits per heavy atom. The zero-order valence-corrected chi connectivity index (χ0v) is 11.6. The van der Waals surface area contributed by atoms with Crippen LogP contribution in [-0.4, -0.2) is 16.7 Å². The number of hydrogen-bond acceptors (Lipinski definition) is 5. The van der Waals surface area contributed by atoms with Gasteiger partial charge in [0.05, 0.1) is 12.1 Å². The van der Waals surface area contributed by atoms with Crippen LogP contribution >= 0.6 is 0 Å². The first-order valence-electron chi connectivity index (χ1n) is 7.07. The van der Waals surface area contributed by atoms with Gasteiger partial charge in [-0.1, -0.05) is 24.1 Å².